The topological polar surface area (TPSA) is 17.8 Å². The average molecular weight is 212 g/mol. The van der Waals surface area contributed by atoms with Gasteiger partial charge in [0.1, 0.15) is 0 Å². The van der Waals surface area contributed by atoms with Gasteiger partial charge in [0.15, 0.2) is 0 Å². The molecule has 0 atom stereocenters. The first-order chi connectivity index (χ1) is 6.59. The number of thioether (sulfide) groups is 1. The summed E-state index contributed by atoms with van der Waals surface area (Å²) < 4.78 is 2.05. The Kier molecular flexibility index (Phi) is 4.52. The molecule has 0 unspecified atom stereocenters. The van der Waals surface area contributed by atoms with Crippen LogP contribution in [0.1, 0.15) is 39.2 Å². The third-order valence-electron chi connectivity index (χ3n) is 2.09. The minimum Gasteiger partial charge on any atom is -0.272 e. The Balaban J connectivity index is 2.36. The summed E-state index contributed by atoms with van der Waals surface area (Å²) in [5.74, 6) is 1.73. The fraction of sp³-hybridized carbons (Fsp3) is 0.727. The maximum Gasteiger partial charge on any atom is 0.0524 e. The van der Waals surface area contributed by atoms with Gasteiger partial charge in [0.05, 0.1) is 6.20 Å². The van der Waals surface area contributed by atoms with Crippen molar-refractivity contribution >= 4 is 11.8 Å². The van der Waals surface area contributed by atoms with E-state index in [9.17, 15) is 0 Å². The molecule has 0 bridgehead atoms. The van der Waals surface area contributed by atoms with Gasteiger partial charge in [-0.2, -0.15) is 16.9 Å². The Morgan fingerprint density at radius 1 is 1.36 bits per heavy atom. The molecule has 0 saturated carbocycles. The van der Waals surface area contributed by atoms with Crippen LogP contribution < -0.4 is 0 Å². The lowest BCUT2D eigenvalue weighted by Crippen LogP contribution is -2.02. The Hall–Kier alpha value is -0.440. The SMILES string of the molecule is CC(C)SCCn1cc(C(C)C)cn1. The van der Waals surface area contributed by atoms with Gasteiger partial charge in [-0.25, -0.2) is 0 Å². The standard InChI is InChI=1S/C11H20N2S/c1-9(2)11-7-12-13(8-11)5-6-14-10(3)4/h7-10H,5-6H2,1-4H3. The lowest BCUT2D eigenvalue weighted by molar-refractivity contribution is 0.664. The van der Waals surface area contributed by atoms with Gasteiger partial charge in [-0.15, -0.1) is 0 Å². The first-order valence-corrected chi connectivity index (χ1v) is 6.28. The van der Waals surface area contributed by atoms with Crippen LogP contribution in [-0.4, -0.2) is 20.8 Å². The van der Waals surface area contributed by atoms with Crippen LogP contribution in [0.5, 0.6) is 0 Å². The average Bonchev–Trinajstić information content (AvgIpc) is 2.52. The van der Waals surface area contributed by atoms with Gasteiger partial charge < -0.3 is 0 Å². The summed E-state index contributed by atoms with van der Waals surface area (Å²) in [6, 6.07) is 0. The van der Waals surface area contributed by atoms with Crippen LogP contribution in [0.2, 0.25) is 0 Å². The van der Waals surface area contributed by atoms with Crippen molar-refractivity contribution in [3.63, 3.8) is 0 Å². The highest BCUT2D eigenvalue weighted by Gasteiger charge is 2.02. The molecule has 0 saturated heterocycles. The minimum absolute atomic E-state index is 0.585. The fourth-order valence-corrected chi connectivity index (χ4v) is 1.95. The molecular weight excluding hydrogens is 192 g/mol. The summed E-state index contributed by atoms with van der Waals surface area (Å²) in [6.07, 6.45) is 4.14. The number of aromatic nitrogens is 2. The fourth-order valence-electron chi connectivity index (χ4n) is 1.18. The number of hydrogen-bond acceptors (Lipinski definition) is 2. The zero-order valence-electron chi connectivity index (χ0n) is 9.53. The van der Waals surface area contributed by atoms with Gasteiger partial charge in [0.2, 0.25) is 0 Å². The predicted molar refractivity (Wildman–Crippen MR) is 63.9 cm³/mol. The van der Waals surface area contributed by atoms with Gasteiger partial charge in [-0.3, -0.25) is 4.68 Å². The third kappa shape index (κ3) is 3.74. The van der Waals surface area contributed by atoms with E-state index in [1.54, 1.807) is 0 Å². The van der Waals surface area contributed by atoms with Crippen molar-refractivity contribution in [2.24, 2.45) is 0 Å². The van der Waals surface area contributed by atoms with Crippen LogP contribution >= 0.6 is 11.8 Å². The molecule has 0 aliphatic heterocycles. The summed E-state index contributed by atoms with van der Waals surface area (Å²) in [5.41, 5.74) is 1.33. The second kappa shape index (κ2) is 5.44. The smallest absolute Gasteiger partial charge is 0.0524 e. The van der Waals surface area contributed by atoms with Crippen LogP contribution in [0.3, 0.4) is 0 Å². The molecule has 2 nitrogen and oxygen atoms in total. The number of hydrogen-bond donors (Lipinski definition) is 0. The van der Waals surface area contributed by atoms with Gasteiger partial charge in [-0.05, 0) is 16.7 Å². The molecular formula is C11H20N2S. The second-order valence-electron chi connectivity index (χ2n) is 4.11. The molecule has 0 spiro atoms. The Morgan fingerprint density at radius 3 is 2.57 bits per heavy atom. The molecule has 1 aromatic rings. The first kappa shape index (κ1) is 11.6. The van der Waals surface area contributed by atoms with Gasteiger partial charge in [-0.1, -0.05) is 27.7 Å². The van der Waals surface area contributed by atoms with Crippen molar-refractivity contribution < 1.29 is 0 Å². The Morgan fingerprint density at radius 2 is 2.07 bits per heavy atom. The van der Waals surface area contributed by atoms with E-state index >= 15 is 0 Å². The molecule has 0 aliphatic carbocycles. The molecule has 80 valence electrons. The molecule has 0 radical (unpaired) electrons. The van der Waals surface area contributed by atoms with Crippen LogP contribution in [0.4, 0.5) is 0 Å². The molecule has 0 aliphatic rings. The van der Waals surface area contributed by atoms with E-state index in [1.165, 1.54) is 5.56 Å². The van der Waals surface area contributed by atoms with E-state index in [2.05, 4.69) is 39.0 Å². The van der Waals surface area contributed by atoms with Crippen molar-refractivity contribution in [2.45, 2.75) is 45.4 Å². The summed E-state index contributed by atoms with van der Waals surface area (Å²) in [4.78, 5) is 0. The highest BCUT2D eigenvalue weighted by Crippen LogP contribution is 2.13. The molecule has 3 heteroatoms. The van der Waals surface area contributed by atoms with Crippen LogP contribution in [0, 0.1) is 0 Å². The second-order valence-corrected chi connectivity index (χ2v) is 5.80. The molecule has 1 heterocycles. The van der Waals surface area contributed by atoms with Crippen molar-refractivity contribution in [1.29, 1.82) is 0 Å². The highest BCUT2D eigenvalue weighted by atomic mass is 32.2. The third-order valence-corrected chi connectivity index (χ3v) is 3.18. The van der Waals surface area contributed by atoms with E-state index < -0.39 is 0 Å². The largest absolute Gasteiger partial charge is 0.272 e. The molecule has 1 aromatic heterocycles. The van der Waals surface area contributed by atoms with E-state index in [-0.39, 0.29) is 0 Å². The highest BCUT2D eigenvalue weighted by molar-refractivity contribution is 7.99. The summed E-state index contributed by atoms with van der Waals surface area (Å²) >= 11 is 1.98. The van der Waals surface area contributed by atoms with E-state index in [4.69, 9.17) is 0 Å². The van der Waals surface area contributed by atoms with Crippen molar-refractivity contribution in [2.75, 3.05) is 5.75 Å². The van der Waals surface area contributed by atoms with Crippen LogP contribution in [0.25, 0.3) is 0 Å². The number of aryl methyl sites for hydroxylation is 1. The number of rotatable bonds is 5. The lowest BCUT2D eigenvalue weighted by atomic mass is 10.1. The summed E-state index contributed by atoms with van der Waals surface area (Å²) in [7, 11) is 0. The lowest BCUT2D eigenvalue weighted by Gasteiger charge is -2.04. The van der Waals surface area contributed by atoms with Gasteiger partial charge in [0.25, 0.3) is 0 Å². The molecule has 0 aromatic carbocycles. The van der Waals surface area contributed by atoms with Crippen LogP contribution in [-0.2, 0) is 6.54 Å². The maximum absolute atomic E-state index is 4.34. The van der Waals surface area contributed by atoms with Gasteiger partial charge >= 0.3 is 0 Å². The van der Waals surface area contributed by atoms with Crippen molar-refractivity contribution in [3.8, 4) is 0 Å². The quantitative estimate of drug-likeness (QED) is 0.746. The molecule has 0 fully saturated rings. The molecule has 0 amide bonds. The molecule has 0 N–H and O–H groups in total. The normalized spacial score (nSPS) is 11.6. The Bertz CT molecular complexity index is 266. The van der Waals surface area contributed by atoms with Crippen LogP contribution in [0.15, 0.2) is 12.4 Å². The van der Waals surface area contributed by atoms with Crippen molar-refractivity contribution in [1.82, 2.24) is 9.78 Å². The summed E-state index contributed by atoms with van der Waals surface area (Å²) in [5, 5.41) is 5.06. The first-order valence-electron chi connectivity index (χ1n) is 5.23. The van der Waals surface area contributed by atoms with Gasteiger partial charge in [0, 0.05) is 18.5 Å². The van der Waals surface area contributed by atoms with E-state index in [1.807, 2.05) is 22.6 Å². The number of nitrogens with zero attached hydrogens (tertiary/aromatic N) is 2. The Labute approximate surface area is 91.1 Å². The molecule has 1 rings (SSSR count). The zero-order valence-corrected chi connectivity index (χ0v) is 10.3. The van der Waals surface area contributed by atoms with Crippen molar-refractivity contribution in [3.05, 3.63) is 18.0 Å². The van der Waals surface area contributed by atoms with E-state index in [0.717, 1.165) is 17.5 Å². The zero-order chi connectivity index (χ0) is 10.6. The minimum atomic E-state index is 0.585. The summed E-state index contributed by atoms with van der Waals surface area (Å²) in [6.45, 7) is 9.88. The monoisotopic (exact) mass is 212 g/mol. The molecule has 14 heavy (non-hydrogen) atoms. The predicted octanol–water partition coefficient (Wildman–Crippen LogP) is 3.15. The maximum atomic E-state index is 4.34. The van der Waals surface area contributed by atoms with E-state index in [0.29, 0.717) is 5.92 Å².